The molecule has 2 fully saturated rings. The average Bonchev–Trinajstić information content (AvgIpc) is 3.07. The Kier molecular flexibility index (Phi) is 7.97. The topological polar surface area (TPSA) is 67.4 Å². The fourth-order valence-electron chi connectivity index (χ4n) is 5.71. The zero-order chi connectivity index (χ0) is 24.0. The van der Waals surface area contributed by atoms with Crippen LogP contribution >= 0.6 is 0 Å². The van der Waals surface area contributed by atoms with Gasteiger partial charge in [0.05, 0.1) is 11.3 Å². The van der Waals surface area contributed by atoms with E-state index in [0.717, 1.165) is 74.8 Å². The number of hydrogen-bond donors (Lipinski definition) is 1. The van der Waals surface area contributed by atoms with E-state index in [1.54, 1.807) is 6.20 Å². The Morgan fingerprint density at radius 1 is 1.09 bits per heavy atom. The number of rotatable bonds is 8. The lowest BCUT2D eigenvalue weighted by Crippen LogP contribution is -2.38. The van der Waals surface area contributed by atoms with Crippen LogP contribution in [0.3, 0.4) is 0 Å². The van der Waals surface area contributed by atoms with Gasteiger partial charge in [0, 0.05) is 43.5 Å². The Bertz CT molecular complexity index is 998. The molecule has 3 aliphatic rings. The Hall–Kier alpha value is -2.47. The molecule has 0 aromatic carbocycles. The van der Waals surface area contributed by atoms with E-state index in [9.17, 15) is 4.79 Å². The van der Waals surface area contributed by atoms with Crippen molar-refractivity contribution in [3.05, 3.63) is 53.0 Å². The van der Waals surface area contributed by atoms with Crippen LogP contribution in [0.4, 0.5) is 0 Å². The number of amides is 1. The van der Waals surface area contributed by atoms with Crippen molar-refractivity contribution >= 4 is 5.91 Å². The number of fused-ring (bicyclic) bond motifs is 1. The molecule has 5 rings (SSSR count). The number of aryl methyl sites for hydroxylation is 1. The van der Waals surface area contributed by atoms with Gasteiger partial charge in [-0.3, -0.25) is 9.78 Å². The third-order valence-corrected chi connectivity index (χ3v) is 8.25. The van der Waals surface area contributed by atoms with Crippen LogP contribution in [0.25, 0.3) is 0 Å². The Morgan fingerprint density at radius 2 is 1.91 bits per heavy atom. The van der Waals surface area contributed by atoms with Crippen molar-refractivity contribution in [1.82, 2.24) is 20.2 Å². The zero-order valence-corrected chi connectivity index (χ0v) is 21.2. The summed E-state index contributed by atoms with van der Waals surface area (Å²) >= 11 is 0. The highest BCUT2D eigenvalue weighted by Gasteiger charge is 2.25. The summed E-state index contributed by atoms with van der Waals surface area (Å²) in [6.07, 6.45) is 14.5. The van der Waals surface area contributed by atoms with Crippen molar-refractivity contribution in [3.8, 4) is 5.88 Å². The van der Waals surface area contributed by atoms with E-state index in [2.05, 4.69) is 27.3 Å². The van der Waals surface area contributed by atoms with E-state index in [4.69, 9.17) is 9.72 Å². The molecule has 1 aliphatic heterocycles. The summed E-state index contributed by atoms with van der Waals surface area (Å²) in [5.74, 6) is 1.62. The number of nitrogens with zero attached hydrogens (tertiary/aromatic N) is 3. The largest absolute Gasteiger partial charge is 0.474 e. The minimum Gasteiger partial charge on any atom is -0.474 e. The number of ether oxygens (including phenoxy) is 1. The molecule has 0 unspecified atom stereocenters. The highest BCUT2D eigenvalue weighted by Crippen LogP contribution is 2.29. The molecule has 2 aliphatic carbocycles. The molecule has 2 aromatic heterocycles. The second-order valence-electron chi connectivity index (χ2n) is 10.6. The molecule has 6 nitrogen and oxygen atoms in total. The third kappa shape index (κ3) is 6.21. The maximum atomic E-state index is 12.8. The summed E-state index contributed by atoms with van der Waals surface area (Å²) < 4.78 is 6.03. The van der Waals surface area contributed by atoms with Crippen LogP contribution in [0, 0.1) is 5.92 Å². The molecule has 188 valence electrons. The standard InChI is InChI=1S/C29H40N4O2/c1-2-26-25(7-4-17-30-26)29(34)31-23-11-8-21(9-12-23)14-18-33-19-15-22-10-13-28(32-27(22)16-20-33)35-24-5-3-6-24/h4,7,10,13,17,21,23-24H,2-3,5-6,8-9,11-12,14-16,18-20H2,1H3,(H,31,34)/t21-,23-. The fourth-order valence-corrected chi connectivity index (χ4v) is 5.71. The van der Waals surface area contributed by atoms with E-state index >= 15 is 0 Å². The van der Waals surface area contributed by atoms with Gasteiger partial charge in [-0.1, -0.05) is 13.0 Å². The predicted octanol–water partition coefficient (Wildman–Crippen LogP) is 4.75. The number of carbonyl (C=O) groups excluding carboxylic acids is 1. The lowest BCUT2D eigenvalue weighted by atomic mass is 9.84. The Labute approximate surface area is 209 Å². The maximum absolute atomic E-state index is 12.8. The molecular weight excluding hydrogens is 436 g/mol. The summed E-state index contributed by atoms with van der Waals surface area (Å²) in [5, 5.41) is 3.27. The van der Waals surface area contributed by atoms with Gasteiger partial charge in [0.1, 0.15) is 6.10 Å². The van der Waals surface area contributed by atoms with Gasteiger partial charge in [-0.05, 0) is 94.4 Å². The molecule has 2 saturated carbocycles. The first-order valence-corrected chi connectivity index (χ1v) is 13.8. The molecule has 0 spiro atoms. The lowest BCUT2D eigenvalue weighted by Gasteiger charge is -2.31. The molecule has 0 radical (unpaired) electrons. The van der Waals surface area contributed by atoms with Gasteiger partial charge in [0.15, 0.2) is 0 Å². The van der Waals surface area contributed by atoms with Crippen molar-refractivity contribution in [3.63, 3.8) is 0 Å². The smallest absolute Gasteiger partial charge is 0.253 e. The summed E-state index contributed by atoms with van der Waals surface area (Å²) in [4.78, 5) is 24.6. The summed E-state index contributed by atoms with van der Waals surface area (Å²) in [6, 6.07) is 8.35. The molecule has 1 amide bonds. The maximum Gasteiger partial charge on any atom is 0.253 e. The van der Waals surface area contributed by atoms with Crippen LogP contribution in [0.1, 0.15) is 85.6 Å². The second kappa shape index (κ2) is 11.5. The summed E-state index contributed by atoms with van der Waals surface area (Å²) in [7, 11) is 0. The quantitative estimate of drug-likeness (QED) is 0.596. The second-order valence-corrected chi connectivity index (χ2v) is 10.6. The van der Waals surface area contributed by atoms with Gasteiger partial charge in [-0.25, -0.2) is 4.98 Å². The van der Waals surface area contributed by atoms with Crippen molar-refractivity contribution in [2.45, 2.75) is 89.7 Å². The Balaban J connectivity index is 1.04. The molecule has 1 N–H and O–H groups in total. The predicted molar refractivity (Wildman–Crippen MR) is 138 cm³/mol. The van der Waals surface area contributed by atoms with Gasteiger partial charge < -0.3 is 15.0 Å². The van der Waals surface area contributed by atoms with Gasteiger partial charge in [-0.15, -0.1) is 0 Å². The minimum atomic E-state index is 0.0392. The number of hydrogen-bond acceptors (Lipinski definition) is 5. The number of carbonyl (C=O) groups is 1. The normalized spacial score (nSPS) is 23.1. The minimum absolute atomic E-state index is 0.0392. The van der Waals surface area contributed by atoms with Crippen LogP contribution in [0.5, 0.6) is 5.88 Å². The molecule has 3 heterocycles. The highest BCUT2D eigenvalue weighted by molar-refractivity contribution is 5.95. The number of nitrogens with one attached hydrogen (secondary N) is 1. The van der Waals surface area contributed by atoms with E-state index in [1.807, 2.05) is 19.1 Å². The van der Waals surface area contributed by atoms with Crippen molar-refractivity contribution in [2.75, 3.05) is 19.6 Å². The first kappa shape index (κ1) is 24.2. The molecule has 0 bridgehead atoms. The molecule has 0 saturated heterocycles. The molecular formula is C29H40N4O2. The monoisotopic (exact) mass is 476 g/mol. The van der Waals surface area contributed by atoms with Gasteiger partial charge >= 0.3 is 0 Å². The van der Waals surface area contributed by atoms with E-state index in [1.165, 1.54) is 49.8 Å². The van der Waals surface area contributed by atoms with E-state index in [-0.39, 0.29) is 5.91 Å². The Morgan fingerprint density at radius 3 is 2.69 bits per heavy atom. The lowest BCUT2D eigenvalue weighted by molar-refractivity contribution is 0.0918. The van der Waals surface area contributed by atoms with Gasteiger partial charge in [0.25, 0.3) is 5.91 Å². The highest BCUT2D eigenvalue weighted by atomic mass is 16.5. The summed E-state index contributed by atoms with van der Waals surface area (Å²) in [6.45, 7) is 5.42. The first-order chi connectivity index (χ1) is 17.2. The fraction of sp³-hybridized carbons (Fsp3) is 0.621. The first-order valence-electron chi connectivity index (χ1n) is 13.8. The molecule has 2 aromatic rings. The van der Waals surface area contributed by atoms with Crippen molar-refractivity contribution < 1.29 is 9.53 Å². The zero-order valence-electron chi connectivity index (χ0n) is 21.2. The van der Waals surface area contributed by atoms with Gasteiger partial charge in [0.2, 0.25) is 5.88 Å². The molecule has 0 atom stereocenters. The van der Waals surface area contributed by atoms with Crippen molar-refractivity contribution in [1.29, 1.82) is 0 Å². The van der Waals surface area contributed by atoms with E-state index < -0.39 is 0 Å². The third-order valence-electron chi connectivity index (χ3n) is 8.25. The molecule has 6 heteroatoms. The van der Waals surface area contributed by atoms with Crippen LogP contribution in [-0.4, -0.2) is 52.6 Å². The average molecular weight is 477 g/mol. The number of pyridine rings is 2. The summed E-state index contributed by atoms with van der Waals surface area (Å²) in [5.41, 5.74) is 4.25. The SMILES string of the molecule is CCc1ncccc1C(=O)N[C@H]1CC[C@H](CCN2CCc3ccc(OC4CCC4)nc3CC2)CC1. The van der Waals surface area contributed by atoms with Crippen LogP contribution in [0.15, 0.2) is 30.5 Å². The number of aromatic nitrogens is 2. The molecule has 35 heavy (non-hydrogen) atoms. The van der Waals surface area contributed by atoms with Crippen LogP contribution < -0.4 is 10.1 Å². The van der Waals surface area contributed by atoms with Gasteiger partial charge in [-0.2, -0.15) is 0 Å². The van der Waals surface area contributed by atoms with E-state index in [0.29, 0.717) is 12.1 Å². The van der Waals surface area contributed by atoms with Crippen LogP contribution in [0.2, 0.25) is 0 Å². The van der Waals surface area contributed by atoms with Crippen LogP contribution in [-0.2, 0) is 19.3 Å². The van der Waals surface area contributed by atoms with Crippen molar-refractivity contribution in [2.24, 2.45) is 5.92 Å².